The molecule has 0 bridgehead atoms. The Kier molecular flexibility index (Phi) is 5.85. The summed E-state index contributed by atoms with van der Waals surface area (Å²) in [4.78, 5) is 13.7. The van der Waals surface area contributed by atoms with Crippen LogP contribution in [0.3, 0.4) is 0 Å². The summed E-state index contributed by atoms with van der Waals surface area (Å²) in [6, 6.07) is 15.1. The molecule has 0 aromatic heterocycles. The van der Waals surface area contributed by atoms with Gasteiger partial charge in [0.05, 0.1) is 11.3 Å². The molecule has 0 fully saturated rings. The second kappa shape index (κ2) is 8.09. The first kappa shape index (κ1) is 18.1. The molecule has 0 saturated heterocycles. The van der Waals surface area contributed by atoms with E-state index in [1.165, 1.54) is 47.9 Å². The molecule has 2 atom stereocenters. The summed E-state index contributed by atoms with van der Waals surface area (Å²) in [6.07, 6.45) is 4.94. The lowest BCUT2D eigenvalue weighted by molar-refractivity contribution is -0.120. The molecule has 0 spiro atoms. The highest BCUT2D eigenvalue weighted by atomic mass is 32.2. The third-order valence-corrected chi connectivity index (χ3v) is 6.05. The van der Waals surface area contributed by atoms with Crippen LogP contribution < -0.4 is 5.32 Å². The quantitative estimate of drug-likeness (QED) is 0.746. The molecule has 0 radical (unpaired) electrons. The van der Waals surface area contributed by atoms with Gasteiger partial charge in [0.15, 0.2) is 0 Å². The summed E-state index contributed by atoms with van der Waals surface area (Å²) in [5.74, 6) is 0.0933. The second-order valence-corrected chi connectivity index (χ2v) is 8.45. The molecule has 1 aliphatic carbocycles. The number of nitrogens with one attached hydrogen (secondary N) is 1. The predicted molar refractivity (Wildman–Crippen MR) is 106 cm³/mol. The molecule has 0 heterocycles. The summed E-state index contributed by atoms with van der Waals surface area (Å²) in [6.45, 7) is 6.12. The lowest BCUT2D eigenvalue weighted by Crippen LogP contribution is -2.33. The zero-order chi connectivity index (χ0) is 17.8. The molecule has 3 rings (SSSR count). The first-order valence-electron chi connectivity index (χ1n) is 9.18. The number of benzene rings is 2. The van der Waals surface area contributed by atoms with Crippen LogP contribution in [0.4, 0.5) is 0 Å². The van der Waals surface area contributed by atoms with E-state index in [1.54, 1.807) is 11.8 Å². The number of fused-ring (bicyclic) bond motifs is 1. The zero-order valence-electron chi connectivity index (χ0n) is 15.3. The number of amides is 1. The van der Waals surface area contributed by atoms with Gasteiger partial charge in [-0.05, 0) is 75.3 Å². The number of carbonyl (C=O) groups excluding carboxylic acids is 1. The topological polar surface area (TPSA) is 29.1 Å². The summed E-state index contributed by atoms with van der Waals surface area (Å²) in [7, 11) is 0. The van der Waals surface area contributed by atoms with Crippen LogP contribution in [0.2, 0.25) is 0 Å². The summed E-state index contributed by atoms with van der Waals surface area (Å²) >= 11 is 1.61. The Balaban J connectivity index is 1.60. The first-order valence-corrected chi connectivity index (χ1v) is 10.1. The monoisotopic (exact) mass is 353 g/mol. The maximum Gasteiger partial charge on any atom is 0.233 e. The van der Waals surface area contributed by atoms with E-state index in [0.29, 0.717) is 0 Å². The van der Waals surface area contributed by atoms with E-state index in [9.17, 15) is 4.79 Å². The van der Waals surface area contributed by atoms with Crippen molar-refractivity contribution < 1.29 is 4.79 Å². The Labute approximate surface area is 155 Å². The third kappa shape index (κ3) is 4.66. The van der Waals surface area contributed by atoms with Gasteiger partial charge in [0.25, 0.3) is 0 Å². The molecule has 0 saturated carbocycles. The van der Waals surface area contributed by atoms with Crippen LogP contribution in [0.5, 0.6) is 0 Å². The number of thioether (sulfide) groups is 1. The molecule has 2 nitrogen and oxygen atoms in total. The van der Waals surface area contributed by atoms with Crippen LogP contribution in [0.15, 0.2) is 47.4 Å². The van der Waals surface area contributed by atoms with Gasteiger partial charge in [-0.2, -0.15) is 0 Å². The minimum Gasteiger partial charge on any atom is -0.349 e. The van der Waals surface area contributed by atoms with Crippen molar-refractivity contribution in [2.24, 2.45) is 0 Å². The van der Waals surface area contributed by atoms with Crippen molar-refractivity contribution in [2.45, 2.75) is 62.6 Å². The van der Waals surface area contributed by atoms with E-state index >= 15 is 0 Å². The average Bonchev–Trinajstić information content (AvgIpc) is 2.63. The fourth-order valence-electron chi connectivity index (χ4n) is 3.31. The zero-order valence-corrected chi connectivity index (χ0v) is 16.2. The van der Waals surface area contributed by atoms with Crippen molar-refractivity contribution in [2.75, 3.05) is 0 Å². The highest BCUT2D eigenvalue weighted by Gasteiger charge is 2.18. The molecule has 1 N–H and O–H groups in total. The fraction of sp³-hybridized carbons (Fsp3) is 0.409. The molecule has 132 valence electrons. The van der Waals surface area contributed by atoms with Crippen LogP contribution in [0.1, 0.15) is 55.0 Å². The van der Waals surface area contributed by atoms with Crippen molar-refractivity contribution in [1.82, 2.24) is 5.32 Å². The fourth-order valence-corrected chi connectivity index (χ4v) is 4.19. The lowest BCUT2D eigenvalue weighted by Gasteiger charge is -2.21. The van der Waals surface area contributed by atoms with Crippen molar-refractivity contribution in [3.05, 3.63) is 64.7 Å². The number of hydrogen-bond donors (Lipinski definition) is 1. The van der Waals surface area contributed by atoms with Gasteiger partial charge < -0.3 is 5.32 Å². The van der Waals surface area contributed by atoms with Crippen LogP contribution in [0, 0.1) is 6.92 Å². The Bertz CT molecular complexity index is 738. The standard InChI is InChI=1S/C22H27NOS/c1-15-8-12-21(13-9-15)25-17(3)22(24)23-16(2)19-11-10-18-6-4-5-7-20(18)14-19/h8-14,16-17H,4-7H2,1-3H3,(H,23,24)/t16-,17+/m0/s1. The van der Waals surface area contributed by atoms with Gasteiger partial charge in [0, 0.05) is 4.90 Å². The molecular formula is C22H27NOS. The van der Waals surface area contributed by atoms with Gasteiger partial charge in [0.1, 0.15) is 0 Å². The number of rotatable bonds is 5. The maximum atomic E-state index is 12.6. The van der Waals surface area contributed by atoms with E-state index in [1.807, 2.05) is 6.92 Å². The molecule has 25 heavy (non-hydrogen) atoms. The number of hydrogen-bond acceptors (Lipinski definition) is 2. The molecule has 2 aromatic carbocycles. The average molecular weight is 354 g/mol. The van der Waals surface area contributed by atoms with E-state index in [-0.39, 0.29) is 17.2 Å². The van der Waals surface area contributed by atoms with Gasteiger partial charge in [-0.15, -0.1) is 11.8 Å². The van der Waals surface area contributed by atoms with E-state index in [0.717, 1.165) is 4.90 Å². The highest BCUT2D eigenvalue weighted by Crippen LogP contribution is 2.26. The van der Waals surface area contributed by atoms with Gasteiger partial charge in [-0.25, -0.2) is 0 Å². The minimum absolute atomic E-state index is 0.0424. The first-order chi connectivity index (χ1) is 12.0. The molecule has 3 heteroatoms. The summed E-state index contributed by atoms with van der Waals surface area (Å²) in [5, 5.41) is 3.07. The molecule has 1 amide bonds. The highest BCUT2D eigenvalue weighted by molar-refractivity contribution is 8.00. The normalized spacial score (nSPS) is 16.0. The van der Waals surface area contributed by atoms with Gasteiger partial charge in [-0.1, -0.05) is 35.9 Å². The minimum atomic E-state index is -0.109. The Morgan fingerprint density at radius 3 is 2.40 bits per heavy atom. The van der Waals surface area contributed by atoms with Gasteiger partial charge in [-0.3, -0.25) is 4.79 Å². The third-order valence-electron chi connectivity index (χ3n) is 4.93. The molecule has 0 unspecified atom stereocenters. The van der Waals surface area contributed by atoms with E-state index < -0.39 is 0 Å². The van der Waals surface area contributed by atoms with Gasteiger partial charge in [0.2, 0.25) is 5.91 Å². The molecule has 0 aliphatic heterocycles. The van der Waals surface area contributed by atoms with Crippen molar-refractivity contribution >= 4 is 17.7 Å². The van der Waals surface area contributed by atoms with Crippen LogP contribution in [0.25, 0.3) is 0 Å². The molecule has 1 aliphatic rings. The molecule has 2 aromatic rings. The van der Waals surface area contributed by atoms with E-state index in [2.05, 4.69) is 61.6 Å². The van der Waals surface area contributed by atoms with Crippen molar-refractivity contribution in [3.8, 4) is 0 Å². The SMILES string of the molecule is Cc1ccc(S[C@H](C)C(=O)N[C@@H](C)c2ccc3c(c2)CCCC3)cc1. The van der Waals surface area contributed by atoms with Gasteiger partial charge >= 0.3 is 0 Å². The Morgan fingerprint density at radius 2 is 1.68 bits per heavy atom. The number of carbonyl (C=O) groups is 1. The van der Waals surface area contributed by atoms with E-state index in [4.69, 9.17) is 0 Å². The summed E-state index contributed by atoms with van der Waals surface area (Å²) < 4.78 is 0. The number of aryl methyl sites for hydroxylation is 3. The Hall–Kier alpha value is -1.74. The lowest BCUT2D eigenvalue weighted by atomic mass is 9.89. The predicted octanol–water partition coefficient (Wildman–Crippen LogP) is 5.23. The van der Waals surface area contributed by atoms with Crippen LogP contribution >= 0.6 is 11.8 Å². The summed E-state index contributed by atoms with van der Waals surface area (Å²) in [5.41, 5.74) is 5.40. The smallest absolute Gasteiger partial charge is 0.233 e. The van der Waals surface area contributed by atoms with Crippen LogP contribution in [-0.4, -0.2) is 11.2 Å². The van der Waals surface area contributed by atoms with Crippen molar-refractivity contribution in [3.63, 3.8) is 0 Å². The Morgan fingerprint density at radius 1 is 1.00 bits per heavy atom. The largest absolute Gasteiger partial charge is 0.349 e. The maximum absolute atomic E-state index is 12.6. The van der Waals surface area contributed by atoms with Crippen molar-refractivity contribution in [1.29, 1.82) is 0 Å². The molecular weight excluding hydrogens is 326 g/mol. The van der Waals surface area contributed by atoms with Crippen LogP contribution in [-0.2, 0) is 17.6 Å². The second-order valence-electron chi connectivity index (χ2n) is 7.04.